The molecule has 0 unspecified atom stereocenters. The first-order valence-corrected chi connectivity index (χ1v) is 5.78. The van der Waals surface area contributed by atoms with Crippen molar-refractivity contribution >= 4 is 21.8 Å². The van der Waals surface area contributed by atoms with Crippen molar-refractivity contribution in [2.75, 3.05) is 0 Å². The molecule has 0 aliphatic rings. The molecule has 0 amide bonds. The van der Waals surface area contributed by atoms with E-state index in [-0.39, 0.29) is 0 Å². The van der Waals surface area contributed by atoms with Crippen molar-refractivity contribution in [1.82, 2.24) is 20.2 Å². The summed E-state index contributed by atoms with van der Waals surface area (Å²) in [4.78, 5) is 7.47. The molecule has 0 saturated carbocycles. The lowest BCUT2D eigenvalue weighted by Crippen LogP contribution is -1.77. The van der Waals surface area contributed by atoms with Crippen molar-refractivity contribution < 1.29 is 0 Å². The molecule has 2 N–H and O–H groups in total. The van der Waals surface area contributed by atoms with Crippen LogP contribution in [0.2, 0.25) is 0 Å². The number of benzene rings is 1. The summed E-state index contributed by atoms with van der Waals surface area (Å²) in [5, 5.41) is 9.64. The van der Waals surface area contributed by atoms with Crippen molar-refractivity contribution in [2.24, 2.45) is 0 Å². The van der Waals surface area contributed by atoms with Crippen molar-refractivity contribution in [1.29, 1.82) is 0 Å². The molecule has 0 atom stereocenters. The van der Waals surface area contributed by atoms with Crippen LogP contribution in [-0.4, -0.2) is 20.2 Å². The number of para-hydroxylation sites is 1. The molecule has 4 aromatic rings. The molecule has 4 rings (SSSR count). The summed E-state index contributed by atoms with van der Waals surface area (Å²) in [5.41, 5.74) is 4.03. The van der Waals surface area contributed by atoms with Gasteiger partial charge in [0.2, 0.25) is 0 Å². The largest absolute Gasteiger partial charge is 0.353 e. The third kappa shape index (κ3) is 1.26. The van der Waals surface area contributed by atoms with Gasteiger partial charge in [-0.05, 0) is 18.2 Å². The summed E-state index contributed by atoms with van der Waals surface area (Å²) < 4.78 is 0. The Balaban J connectivity index is 2.01. The molecule has 0 aliphatic carbocycles. The van der Waals surface area contributed by atoms with Crippen LogP contribution in [0, 0.1) is 0 Å². The number of rotatable bonds is 1. The molecule has 0 fully saturated rings. The van der Waals surface area contributed by atoms with E-state index in [1.807, 2.05) is 18.2 Å². The second-order valence-corrected chi connectivity index (χ2v) is 4.26. The minimum atomic E-state index is 0.934. The molecule has 3 heterocycles. The molecular formula is C14H10N4. The SMILES string of the molecule is c1ccc2[nH]c(-c3n[nH]c4cnccc34)cc2c1. The second-order valence-electron chi connectivity index (χ2n) is 4.26. The van der Waals surface area contributed by atoms with Gasteiger partial charge >= 0.3 is 0 Å². The molecule has 0 bridgehead atoms. The highest BCUT2D eigenvalue weighted by Crippen LogP contribution is 2.27. The Labute approximate surface area is 103 Å². The third-order valence-corrected chi connectivity index (χ3v) is 3.15. The number of fused-ring (bicyclic) bond motifs is 2. The highest BCUT2D eigenvalue weighted by atomic mass is 15.1. The Morgan fingerprint density at radius 3 is 2.89 bits per heavy atom. The zero-order chi connectivity index (χ0) is 11.9. The lowest BCUT2D eigenvalue weighted by Gasteiger charge is -1.92. The van der Waals surface area contributed by atoms with Gasteiger partial charge in [-0.2, -0.15) is 5.10 Å². The normalized spacial score (nSPS) is 11.3. The van der Waals surface area contributed by atoms with Crippen LogP contribution >= 0.6 is 0 Å². The maximum absolute atomic E-state index is 4.36. The van der Waals surface area contributed by atoms with Crippen LogP contribution in [0.25, 0.3) is 33.2 Å². The van der Waals surface area contributed by atoms with E-state index >= 15 is 0 Å². The van der Waals surface area contributed by atoms with E-state index in [1.54, 1.807) is 12.4 Å². The average Bonchev–Trinajstić information content (AvgIpc) is 3.02. The molecule has 0 aliphatic heterocycles. The van der Waals surface area contributed by atoms with Crippen molar-refractivity contribution in [3.05, 3.63) is 48.8 Å². The predicted molar refractivity (Wildman–Crippen MR) is 71.2 cm³/mol. The number of nitrogens with zero attached hydrogens (tertiary/aromatic N) is 2. The van der Waals surface area contributed by atoms with Crippen molar-refractivity contribution in [3.8, 4) is 11.4 Å². The van der Waals surface area contributed by atoms with Crippen LogP contribution in [-0.2, 0) is 0 Å². The van der Waals surface area contributed by atoms with Gasteiger partial charge in [-0.15, -0.1) is 0 Å². The lowest BCUT2D eigenvalue weighted by atomic mass is 10.2. The molecule has 0 radical (unpaired) electrons. The zero-order valence-corrected chi connectivity index (χ0v) is 9.51. The van der Waals surface area contributed by atoms with E-state index < -0.39 is 0 Å². The summed E-state index contributed by atoms with van der Waals surface area (Å²) in [5.74, 6) is 0. The smallest absolute Gasteiger partial charge is 0.116 e. The number of aromatic amines is 2. The average molecular weight is 234 g/mol. The van der Waals surface area contributed by atoms with Crippen LogP contribution < -0.4 is 0 Å². The molecular weight excluding hydrogens is 224 g/mol. The first kappa shape index (κ1) is 9.41. The number of nitrogens with one attached hydrogen (secondary N) is 2. The number of hydrogen-bond acceptors (Lipinski definition) is 2. The fourth-order valence-corrected chi connectivity index (χ4v) is 2.27. The molecule has 86 valence electrons. The van der Waals surface area contributed by atoms with E-state index in [4.69, 9.17) is 0 Å². The van der Waals surface area contributed by atoms with Gasteiger partial charge in [0, 0.05) is 22.5 Å². The van der Waals surface area contributed by atoms with E-state index in [9.17, 15) is 0 Å². The fourth-order valence-electron chi connectivity index (χ4n) is 2.27. The lowest BCUT2D eigenvalue weighted by molar-refractivity contribution is 1.11. The minimum Gasteiger partial charge on any atom is -0.353 e. The summed E-state index contributed by atoms with van der Waals surface area (Å²) in [6.07, 6.45) is 3.57. The van der Waals surface area contributed by atoms with E-state index in [0.717, 1.165) is 27.8 Å². The van der Waals surface area contributed by atoms with E-state index in [1.165, 1.54) is 5.39 Å². The number of pyridine rings is 1. The molecule has 0 saturated heterocycles. The molecule has 1 aromatic carbocycles. The number of hydrogen-bond donors (Lipinski definition) is 2. The predicted octanol–water partition coefficient (Wildman–Crippen LogP) is 3.11. The van der Waals surface area contributed by atoms with Crippen LogP contribution in [0.3, 0.4) is 0 Å². The molecule has 0 spiro atoms. The standard InChI is InChI=1S/C14H10N4/c1-2-4-11-9(3-1)7-12(16-11)14-10-5-6-15-8-13(10)17-18-14/h1-8,16H,(H,17,18). The van der Waals surface area contributed by atoms with Crippen molar-refractivity contribution in [2.45, 2.75) is 0 Å². The maximum atomic E-state index is 4.36. The Bertz CT molecular complexity index is 808. The topological polar surface area (TPSA) is 57.4 Å². The molecule has 4 nitrogen and oxygen atoms in total. The van der Waals surface area contributed by atoms with Gasteiger partial charge in [-0.1, -0.05) is 18.2 Å². The first-order chi connectivity index (χ1) is 8.92. The molecule has 18 heavy (non-hydrogen) atoms. The van der Waals surface area contributed by atoms with Crippen LogP contribution in [0.1, 0.15) is 0 Å². The Kier molecular flexibility index (Phi) is 1.80. The van der Waals surface area contributed by atoms with Gasteiger partial charge in [-0.3, -0.25) is 10.1 Å². The van der Waals surface area contributed by atoms with Gasteiger partial charge in [0.05, 0.1) is 17.4 Å². The van der Waals surface area contributed by atoms with Gasteiger partial charge in [0.15, 0.2) is 0 Å². The van der Waals surface area contributed by atoms with E-state index in [2.05, 4.69) is 38.4 Å². The maximum Gasteiger partial charge on any atom is 0.116 e. The van der Waals surface area contributed by atoms with Gasteiger partial charge in [-0.25, -0.2) is 0 Å². The Morgan fingerprint density at radius 2 is 1.94 bits per heavy atom. The highest BCUT2D eigenvalue weighted by Gasteiger charge is 2.10. The van der Waals surface area contributed by atoms with Gasteiger partial charge < -0.3 is 4.98 Å². The van der Waals surface area contributed by atoms with Crippen molar-refractivity contribution in [3.63, 3.8) is 0 Å². The summed E-state index contributed by atoms with van der Waals surface area (Å²) >= 11 is 0. The molecule has 3 aromatic heterocycles. The fraction of sp³-hybridized carbons (Fsp3) is 0. The number of aromatic nitrogens is 4. The number of H-pyrrole nitrogens is 2. The highest BCUT2D eigenvalue weighted by molar-refractivity contribution is 5.95. The Hall–Kier alpha value is -2.62. The van der Waals surface area contributed by atoms with Gasteiger partial charge in [0.25, 0.3) is 0 Å². The second kappa shape index (κ2) is 3.43. The monoisotopic (exact) mass is 234 g/mol. The Morgan fingerprint density at radius 1 is 1.00 bits per heavy atom. The zero-order valence-electron chi connectivity index (χ0n) is 9.51. The van der Waals surface area contributed by atoms with E-state index in [0.29, 0.717) is 0 Å². The van der Waals surface area contributed by atoms with Crippen LogP contribution in [0.15, 0.2) is 48.8 Å². The third-order valence-electron chi connectivity index (χ3n) is 3.15. The van der Waals surface area contributed by atoms with Gasteiger partial charge in [0.1, 0.15) is 5.69 Å². The molecule has 4 heteroatoms. The summed E-state index contributed by atoms with van der Waals surface area (Å²) in [6.45, 7) is 0. The quantitative estimate of drug-likeness (QED) is 0.531. The summed E-state index contributed by atoms with van der Waals surface area (Å²) in [7, 11) is 0. The summed E-state index contributed by atoms with van der Waals surface area (Å²) in [6, 6.07) is 12.3. The first-order valence-electron chi connectivity index (χ1n) is 5.78. The van der Waals surface area contributed by atoms with Crippen LogP contribution in [0.5, 0.6) is 0 Å². The minimum absolute atomic E-state index is 0.934. The van der Waals surface area contributed by atoms with Crippen LogP contribution in [0.4, 0.5) is 0 Å².